The van der Waals surface area contributed by atoms with Crippen molar-refractivity contribution in [1.29, 1.82) is 0 Å². The van der Waals surface area contributed by atoms with Crippen molar-refractivity contribution in [2.24, 2.45) is 0 Å². The number of hydrazine groups is 2. The lowest BCUT2D eigenvalue weighted by atomic mass is 9.86. The second-order valence-electron chi connectivity index (χ2n) is 12.0. The SMILES string of the molecule is CCN1CCC[C@@H]1CNC(=O)C1=CN(c2cc(C(=O)Nc3cc(C(C)(C)C)cc(NS(C)(=O)=O)c3OC)ccc2C)NN1. The monoisotopic (exact) mass is 613 g/mol. The van der Waals surface area contributed by atoms with Gasteiger partial charge in [0.1, 0.15) is 5.70 Å². The maximum absolute atomic E-state index is 13.5. The van der Waals surface area contributed by atoms with Crippen LogP contribution < -0.4 is 36.1 Å². The summed E-state index contributed by atoms with van der Waals surface area (Å²) in [7, 11) is -2.19. The Morgan fingerprint density at radius 3 is 2.49 bits per heavy atom. The van der Waals surface area contributed by atoms with Crippen molar-refractivity contribution in [1.82, 2.24) is 21.2 Å². The molecule has 5 N–H and O–H groups in total. The molecule has 13 heteroatoms. The van der Waals surface area contributed by atoms with E-state index in [4.69, 9.17) is 4.74 Å². The van der Waals surface area contributed by atoms with Crippen LogP contribution in [-0.4, -0.2) is 64.2 Å². The number of likely N-dealkylation sites (tertiary alicyclic amines) is 1. The van der Waals surface area contributed by atoms with Crippen LogP contribution >= 0.6 is 0 Å². The minimum absolute atomic E-state index is 0.197. The fraction of sp³-hybridized carbons (Fsp3) is 0.467. The number of ether oxygens (including phenoxy) is 1. The maximum atomic E-state index is 13.5. The number of anilines is 3. The van der Waals surface area contributed by atoms with Gasteiger partial charge in [0.15, 0.2) is 5.75 Å². The summed E-state index contributed by atoms with van der Waals surface area (Å²) in [5.41, 5.74) is 9.20. The Morgan fingerprint density at radius 1 is 1.12 bits per heavy atom. The molecule has 234 valence electrons. The Morgan fingerprint density at radius 2 is 1.84 bits per heavy atom. The molecule has 1 fully saturated rings. The van der Waals surface area contributed by atoms with Crippen molar-refractivity contribution in [3.63, 3.8) is 0 Å². The molecule has 2 heterocycles. The summed E-state index contributed by atoms with van der Waals surface area (Å²) in [6.45, 7) is 12.6. The van der Waals surface area contributed by atoms with Gasteiger partial charge in [-0.3, -0.25) is 29.6 Å². The Bertz CT molecular complexity index is 1520. The third-order valence-corrected chi connectivity index (χ3v) is 8.24. The Hall–Kier alpha value is -3.81. The molecular formula is C30H43N7O5S. The van der Waals surface area contributed by atoms with Crippen LogP contribution in [0.3, 0.4) is 0 Å². The van der Waals surface area contributed by atoms with E-state index in [1.54, 1.807) is 35.5 Å². The zero-order chi connectivity index (χ0) is 31.5. The number of methoxy groups -OCH3 is 1. The van der Waals surface area contributed by atoms with Gasteiger partial charge >= 0.3 is 0 Å². The zero-order valence-corrected chi connectivity index (χ0v) is 26.7. The van der Waals surface area contributed by atoms with Crippen molar-refractivity contribution < 1.29 is 22.7 Å². The number of hydrogen-bond donors (Lipinski definition) is 5. The summed E-state index contributed by atoms with van der Waals surface area (Å²) < 4.78 is 32.2. The predicted octanol–water partition coefficient (Wildman–Crippen LogP) is 3.20. The highest BCUT2D eigenvalue weighted by Crippen LogP contribution is 2.39. The highest BCUT2D eigenvalue weighted by Gasteiger charge is 2.26. The third kappa shape index (κ3) is 7.78. The predicted molar refractivity (Wildman–Crippen MR) is 169 cm³/mol. The first-order valence-electron chi connectivity index (χ1n) is 14.4. The zero-order valence-electron chi connectivity index (χ0n) is 25.9. The van der Waals surface area contributed by atoms with E-state index in [-0.39, 0.29) is 22.8 Å². The van der Waals surface area contributed by atoms with Gasteiger partial charge in [0, 0.05) is 18.2 Å². The van der Waals surface area contributed by atoms with Crippen molar-refractivity contribution in [3.8, 4) is 5.75 Å². The number of likely N-dealkylation sites (N-methyl/N-ethyl adjacent to an activating group) is 1. The third-order valence-electron chi connectivity index (χ3n) is 7.65. The van der Waals surface area contributed by atoms with Gasteiger partial charge in [0.05, 0.1) is 36.6 Å². The molecule has 2 aliphatic rings. The van der Waals surface area contributed by atoms with E-state index in [0.29, 0.717) is 35.2 Å². The molecule has 0 unspecified atom stereocenters. The number of benzene rings is 2. The molecule has 2 aliphatic heterocycles. The van der Waals surface area contributed by atoms with Crippen LogP contribution in [0, 0.1) is 6.92 Å². The average Bonchev–Trinajstić information content (AvgIpc) is 3.60. The molecule has 43 heavy (non-hydrogen) atoms. The minimum atomic E-state index is -3.61. The van der Waals surface area contributed by atoms with Gasteiger partial charge in [-0.1, -0.05) is 33.8 Å². The first-order chi connectivity index (χ1) is 20.2. The van der Waals surface area contributed by atoms with Crippen molar-refractivity contribution in [2.45, 2.75) is 58.9 Å². The Labute approximate surface area is 254 Å². The van der Waals surface area contributed by atoms with Gasteiger partial charge in [-0.2, -0.15) is 0 Å². The topological polar surface area (TPSA) is 144 Å². The van der Waals surface area contributed by atoms with Crippen LogP contribution in [0.5, 0.6) is 5.75 Å². The van der Waals surface area contributed by atoms with Crippen LogP contribution in [0.4, 0.5) is 17.1 Å². The lowest BCUT2D eigenvalue weighted by Crippen LogP contribution is -2.43. The van der Waals surface area contributed by atoms with Gasteiger partial charge in [0.2, 0.25) is 10.0 Å². The second-order valence-corrected chi connectivity index (χ2v) is 13.7. The number of nitrogens with one attached hydrogen (secondary N) is 5. The lowest BCUT2D eigenvalue weighted by molar-refractivity contribution is -0.118. The Kier molecular flexibility index (Phi) is 9.57. The van der Waals surface area contributed by atoms with Gasteiger partial charge in [-0.05, 0) is 73.7 Å². The van der Waals surface area contributed by atoms with Gasteiger partial charge < -0.3 is 15.4 Å². The second kappa shape index (κ2) is 12.8. The average molecular weight is 614 g/mol. The number of carbonyl (C=O) groups excluding carboxylic acids is 2. The van der Waals surface area contributed by atoms with Gasteiger partial charge in [-0.15, -0.1) is 5.53 Å². The number of aryl methyl sites for hydroxylation is 1. The maximum Gasteiger partial charge on any atom is 0.270 e. The standard InChI is InChI=1S/C30H43N7O5S/c1-8-36-13-9-10-22(36)17-31-29(39)25-18-37(35-33-25)26-14-20(12-11-19(26)2)28(38)32-23-15-21(30(3,4)5)16-24(27(23)42-6)34-43(7,40)41/h11-12,14-16,18,22,33-35H,8-10,13,17H2,1-7H3,(H,31,39)(H,32,38)/t22-/m1/s1. The molecule has 0 radical (unpaired) electrons. The molecule has 0 bridgehead atoms. The van der Waals surface area contributed by atoms with Crippen LogP contribution in [-0.2, 0) is 20.2 Å². The number of amides is 2. The van der Waals surface area contributed by atoms with E-state index in [1.807, 2.05) is 33.8 Å². The van der Waals surface area contributed by atoms with E-state index in [2.05, 4.69) is 38.1 Å². The van der Waals surface area contributed by atoms with Crippen LogP contribution in [0.25, 0.3) is 0 Å². The van der Waals surface area contributed by atoms with Crippen molar-refractivity contribution in [3.05, 3.63) is 58.9 Å². The summed E-state index contributed by atoms with van der Waals surface area (Å²) in [6.07, 6.45) is 4.93. The smallest absolute Gasteiger partial charge is 0.270 e. The molecule has 0 aliphatic carbocycles. The molecule has 1 saturated heterocycles. The van der Waals surface area contributed by atoms with Gasteiger partial charge in [0.25, 0.3) is 11.8 Å². The highest BCUT2D eigenvalue weighted by atomic mass is 32.2. The van der Waals surface area contributed by atoms with E-state index in [9.17, 15) is 18.0 Å². The molecule has 0 spiro atoms. The van der Waals surface area contributed by atoms with E-state index < -0.39 is 15.9 Å². The first kappa shape index (κ1) is 32.1. The molecule has 0 aromatic heterocycles. The highest BCUT2D eigenvalue weighted by molar-refractivity contribution is 7.92. The molecule has 2 aromatic rings. The number of hydrogen-bond acceptors (Lipinski definition) is 9. The Balaban J connectivity index is 1.54. The van der Waals surface area contributed by atoms with Crippen molar-refractivity contribution >= 4 is 38.9 Å². The summed E-state index contributed by atoms with van der Waals surface area (Å²) in [6, 6.07) is 9.06. The largest absolute Gasteiger partial charge is 0.492 e. The van der Waals surface area contributed by atoms with E-state index >= 15 is 0 Å². The van der Waals surface area contributed by atoms with Crippen molar-refractivity contribution in [2.75, 3.05) is 48.0 Å². The molecule has 4 rings (SSSR count). The molecule has 1 atom stereocenters. The van der Waals surface area contributed by atoms with E-state index in [0.717, 1.165) is 43.3 Å². The summed E-state index contributed by atoms with van der Waals surface area (Å²) in [5, 5.41) is 7.57. The van der Waals surface area contributed by atoms with Crippen LogP contribution in [0.2, 0.25) is 0 Å². The minimum Gasteiger partial charge on any atom is -0.492 e. The number of sulfonamides is 1. The van der Waals surface area contributed by atoms with E-state index in [1.165, 1.54) is 7.11 Å². The quantitative estimate of drug-likeness (QED) is 0.273. The lowest BCUT2D eigenvalue weighted by Gasteiger charge is -2.24. The summed E-state index contributed by atoms with van der Waals surface area (Å²) >= 11 is 0. The first-order valence-corrected chi connectivity index (χ1v) is 16.3. The summed E-state index contributed by atoms with van der Waals surface area (Å²) in [5.74, 6) is -0.432. The van der Waals surface area contributed by atoms with Crippen LogP contribution in [0.15, 0.2) is 42.2 Å². The normalized spacial score (nSPS) is 17.3. The van der Waals surface area contributed by atoms with Crippen LogP contribution in [0.1, 0.15) is 62.0 Å². The molecule has 0 saturated carbocycles. The molecule has 2 aromatic carbocycles. The fourth-order valence-corrected chi connectivity index (χ4v) is 5.81. The molecular weight excluding hydrogens is 570 g/mol. The summed E-state index contributed by atoms with van der Waals surface area (Å²) in [4.78, 5) is 28.7. The molecule has 2 amide bonds. The number of nitrogens with zero attached hydrogens (tertiary/aromatic N) is 2. The number of rotatable bonds is 10. The molecule has 12 nitrogen and oxygen atoms in total. The number of carbonyl (C=O) groups is 2. The van der Waals surface area contributed by atoms with Gasteiger partial charge in [-0.25, -0.2) is 8.42 Å². The fourth-order valence-electron chi connectivity index (χ4n) is 5.26.